The van der Waals surface area contributed by atoms with Crippen LogP contribution >= 0.6 is 0 Å². The van der Waals surface area contributed by atoms with Gasteiger partial charge in [0, 0.05) is 12.3 Å². The van der Waals surface area contributed by atoms with Crippen LogP contribution in [0.15, 0.2) is 0 Å². The van der Waals surface area contributed by atoms with Crippen molar-refractivity contribution in [3.63, 3.8) is 0 Å². The van der Waals surface area contributed by atoms with Gasteiger partial charge in [0.1, 0.15) is 5.78 Å². The van der Waals surface area contributed by atoms with E-state index in [4.69, 9.17) is 0 Å². The zero-order chi connectivity index (χ0) is 12.2. The molecule has 16 heavy (non-hydrogen) atoms. The lowest BCUT2D eigenvalue weighted by atomic mass is 9.73. The first-order valence-corrected chi connectivity index (χ1v) is 6.79. The third-order valence-electron chi connectivity index (χ3n) is 4.39. The van der Waals surface area contributed by atoms with E-state index in [1.54, 1.807) is 0 Å². The van der Waals surface area contributed by atoms with Crippen LogP contribution in [0.4, 0.5) is 0 Å². The summed E-state index contributed by atoms with van der Waals surface area (Å²) >= 11 is 0. The summed E-state index contributed by atoms with van der Waals surface area (Å²) in [5, 5.41) is 10.3. The van der Waals surface area contributed by atoms with Gasteiger partial charge in [0.2, 0.25) is 0 Å². The summed E-state index contributed by atoms with van der Waals surface area (Å²) in [7, 11) is 0. The van der Waals surface area contributed by atoms with Crippen LogP contribution in [0.5, 0.6) is 0 Å². The molecular weight excluding hydrogens is 200 g/mol. The number of hydrogen-bond donors (Lipinski definition) is 1. The highest BCUT2D eigenvalue weighted by atomic mass is 16.3. The van der Waals surface area contributed by atoms with Gasteiger partial charge in [-0.1, -0.05) is 27.2 Å². The number of rotatable bonds is 5. The lowest BCUT2D eigenvalue weighted by Gasteiger charge is -2.34. The topological polar surface area (TPSA) is 37.3 Å². The molecule has 1 fully saturated rings. The Kier molecular flexibility index (Phi) is 4.97. The van der Waals surface area contributed by atoms with Crippen molar-refractivity contribution >= 4 is 5.78 Å². The van der Waals surface area contributed by atoms with Crippen LogP contribution in [0.3, 0.4) is 0 Å². The summed E-state index contributed by atoms with van der Waals surface area (Å²) in [6, 6.07) is 0. The smallest absolute Gasteiger partial charge is 0.136 e. The molecule has 0 aromatic carbocycles. The third-order valence-corrected chi connectivity index (χ3v) is 4.39. The average molecular weight is 226 g/mol. The maximum Gasteiger partial charge on any atom is 0.136 e. The summed E-state index contributed by atoms with van der Waals surface area (Å²) in [6.07, 6.45) is 6.14. The quantitative estimate of drug-likeness (QED) is 0.780. The van der Waals surface area contributed by atoms with Crippen LogP contribution in [-0.2, 0) is 4.79 Å². The molecular formula is C14H26O2. The van der Waals surface area contributed by atoms with Crippen molar-refractivity contribution in [1.29, 1.82) is 0 Å². The van der Waals surface area contributed by atoms with Crippen molar-refractivity contribution in [3.8, 4) is 0 Å². The Bertz CT molecular complexity index is 231. The lowest BCUT2D eigenvalue weighted by Crippen LogP contribution is -2.35. The van der Waals surface area contributed by atoms with Crippen LogP contribution in [0, 0.1) is 11.8 Å². The molecule has 0 amide bonds. The molecule has 2 unspecified atom stereocenters. The molecule has 0 heterocycles. The summed E-state index contributed by atoms with van der Waals surface area (Å²) in [4.78, 5) is 11.9. The monoisotopic (exact) mass is 226 g/mol. The van der Waals surface area contributed by atoms with E-state index in [1.165, 1.54) is 6.42 Å². The second kappa shape index (κ2) is 5.81. The summed E-state index contributed by atoms with van der Waals surface area (Å²) < 4.78 is 0. The SMILES string of the molecule is CCC1CCC(=O)C(CC(O)(CC)CC)C1. The minimum atomic E-state index is -0.615. The maximum absolute atomic E-state index is 11.9. The van der Waals surface area contributed by atoms with Crippen LogP contribution in [0.2, 0.25) is 0 Å². The number of carbonyl (C=O) groups excluding carboxylic acids is 1. The number of ketones is 1. The molecule has 0 aromatic rings. The van der Waals surface area contributed by atoms with E-state index in [0.717, 1.165) is 32.1 Å². The fraction of sp³-hybridized carbons (Fsp3) is 0.929. The van der Waals surface area contributed by atoms with Gasteiger partial charge in [-0.2, -0.15) is 0 Å². The predicted molar refractivity (Wildman–Crippen MR) is 66.3 cm³/mol. The van der Waals surface area contributed by atoms with Crippen molar-refractivity contribution < 1.29 is 9.90 Å². The molecule has 2 heteroatoms. The minimum Gasteiger partial charge on any atom is -0.390 e. The minimum absolute atomic E-state index is 0.114. The van der Waals surface area contributed by atoms with Crippen molar-refractivity contribution in [3.05, 3.63) is 0 Å². The van der Waals surface area contributed by atoms with Crippen LogP contribution in [0.1, 0.15) is 65.7 Å². The number of hydrogen-bond acceptors (Lipinski definition) is 2. The summed E-state index contributed by atoms with van der Waals surface area (Å²) in [5.74, 6) is 1.19. The summed E-state index contributed by atoms with van der Waals surface area (Å²) in [6.45, 7) is 6.21. The van der Waals surface area contributed by atoms with Gasteiger partial charge in [0.25, 0.3) is 0 Å². The molecule has 0 bridgehead atoms. The second-order valence-electron chi connectivity index (χ2n) is 5.35. The molecule has 1 N–H and O–H groups in total. The fourth-order valence-electron chi connectivity index (χ4n) is 2.77. The van der Waals surface area contributed by atoms with Gasteiger partial charge in [-0.3, -0.25) is 4.79 Å². The van der Waals surface area contributed by atoms with Gasteiger partial charge in [0.15, 0.2) is 0 Å². The zero-order valence-electron chi connectivity index (χ0n) is 11.0. The first-order chi connectivity index (χ1) is 7.54. The Hall–Kier alpha value is -0.370. The highest BCUT2D eigenvalue weighted by Gasteiger charge is 2.34. The average Bonchev–Trinajstić information content (AvgIpc) is 2.32. The van der Waals surface area contributed by atoms with Gasteiger partial charge in [-0.15, -0.1) is 0 Å². The Morgan fingerprint density at radius 3 is 2.44 bits per heavy atom. The van der Waals surface area contributed by atoms with Gasteiger partial charge < -0.3 is 5.11 Å². The molecule has 1 aliphatic carbocycles. The largest absolute Gasteiger partial charge is 0.390 e. The van der Waals surface area contributed by atoms with E-state index in [9.17, 15) is 9.90 Å². The van der Waals surface area contributed by atoms with Gasteiger partial charge in [-0.05, 0) is 38.0 Å². The van der Waals surface area contributed by atoms with E-state index in [1.807, 2.05) is 13.8 Å². The van der Waals surface area contributed by atoms with Gasteiger partial charge in [0.05, 0.1) is 5.60 Å². The highest BCUT2D eigenvalue weighted by molar-refractivity contribution is 5.81. The number of Topliss-reactive ketones (excluding diaryl/α,β-unsaturated/α-hetero) is 1. The molecule has 2 atom stereocenters. The van der Waals surface area contributed by atoms with Gasteiger partial charge in [-0.25, -0.2) is 0 Å². The lowest BCUT2D eigenvalue weighted by molar-refractivity contribution is -0.128. The Labute approximate surface area is 99.4 Å². The van der Waals surface area contributed by atoms with Gasteiger partial charge >= 0.3 is 0 Å². The van der Waals surface area contributed by atoms with E-state index in [-0.39, 0.29) is 5.92 Å². The Balaban J connectivity index is 2.60. The van der Waals surface area contributed by atoms with Crippen molar-refractivity contribution in [2.45, 2.75) is 71.3 Å². The molecule has 0 aromatic heterocycles. The van der Waals surface area contributed by atoms with E-state index >= 15 is 0 Å². The molecule has 1 rings (SSSR count). The Morgan fingerprint density at radius 2 is 1.94 bits per heavy atom. The van der Waals surface area contributed by atoms with Crippen LogP contribution in [0.25, 0.3) is 0 Å². The molecule has 0 aliphatic heterocycles. The molecule has 1 saturated carbocycles. The van der Waals surface area contributed by atoms with E-state index in [2.05, 4.69) is 6.92 Å². The standard InChI is InChI=1S/C14H26O2/c1-4-11-7-8-13(15)12(9-11)10-14(16,5-2)6-3/h11-12,16H,4-10H2,1-3H3. The molecule has 1 aliphatic rings. The number of aliphatic hydroxyl groups is 1. The second-order valence-corrected chi connectivity index (χ2v) is 5.35. The summed E-state index contributed by atoms with van der Waals surface area (Å²) in [5.41, 5.74) is -0.615. The highest BCUT2D eigenvalue weighted by Crippen LogP contribution is 2.35. The third kappa shape index (κ3) is 3.31. The molecule has 0 radical (unpaired) electrons. The first-order valence-electron chi connectivity index (χ1n) is 6.79. The first kappa shape index (κ1) is 13.7. The predicted octanol–water partition coefficient (Wildman–Crippen LogP) is 3.32. The van der Waals surface area contributed by atoms with Crippen LogP contribution in [-0.4, -0.2) is 16.5 Å². The molecule has 0 saturated heterocycles. The molecule has 0 spiro atoms. The van der Waals surface area contributed by atoms with Crippen LogP contribution < -0.4 is 0 Å². The van der Waals surface area contributed by atoms with E-state index in [0.29, 0.717) is 18.1 Å². The molecule has 2 nitrogen and oxygen atoms in total. The zero-order valence-corrected chi connectivity index (χ0v) is 11.0. The van der Waals surface area contributed by atoms with E-state index < -0.39 is 5.60 Å². The fourth-order valence-corrected chi connectivity index (χ4v) is 2.77. The van der Waals surface area contributed by atoms with Crippen molar-refractivity contribution in [1.82, 2.24) is 0 Å². The van der Waals surface area contributed by atoms with Crippen molar-refractivity contribution in [2.75, 3.05) is 0 Å². The molecule has 94 valence electrons. The van der Waals surface area contributed by atoms with Crippen molar-refractivity contribution in [2.24, 2.45) is 11.8 Å². The number of carbonyl (C=O) groups is 1. The normalized spacial score (nSPS) is 27.1. The Morgan fingerprint density at radius 1 is 1.31 bits per heavy atom. The maximum atomic E-state index is 11.9.